The van der Waals surface area contributed by atoms with Gasteiger partial charge in [0.15, 0.2) is 11.5 Å². The Kier molecular flexibility index (Phi) is 1.59. The molecule has 0 saturated heterocycles. The van der Waals surface area contributed by atoms with Crippen molar-refractivity contribution in [3.63, 3.8) is 0 Å². The molecule has 3 rings (SSSR count). The minimum atomic E-state index is -0.762. The van der Waals surface area contributed by atoms with Crippen LogP contribution in [0.15, 0.2) is 28.7 Å². The monoisotopic (exact) mass is 203 g/mol. The third-order valence-electron chi connectivity index (χ3n) is 2.74. The van der Waals surface area contributed by atoms with E-state index in [1.807, 2.05) is 24.3 Å². The first-order valence-corrected chi connectivity index (χ1v) is 4.84. The Labute approximate surface area is 85.5 Å². The van der Waals surface area contributed by atoms with Crippen LogP contribution in [0.25, 0.3) is 11.1 Å². The number of hydrogen-bond donors (Lipinski definition) is 1. The molecule has 2 aromatic rings. The number of oxazole rings is 1. The van der Waals surface area contributed by atoms with E-state index in [0.717, 1.165) is 11.1 Å². The van der Waals surface area contributed by atoms with Gasteiger partial charge in [0.25, 0.3) is 0 Å². The van der Waals surface area contributed by atoms with Crippen LogP contribution < -0.4 is 0 Å². The van der Waals surface area contributed by atoms with Crippen LogP contribution in [0.2, 0.25) is 0 Å². The molecule has 1 aromatic carbocycles. The highest BCUT2D eigenvalue weighted by molar-refractivity contribution is 5.76. The van der Waals surface area contributed by atoms with Gasteiger partial charge in [0.1, 0.15) is 5.52 Å². The second kappa shape index (κ2) is 2.82. The van der Waals surface area contributed by atoms with E-state index in [1.165, 1.54) is 0 Å². The summed E-state index contributed by atoms with van der Waals surface area (Å²) in [6.45, 7) is 0. The van der Waals surface area contributed by atoms with Gasteiger partial charge in [-0.1, -0.05) is 12.1 Å². The number of aromatic nitrogens is 1. The predicted molar refractivity (Wildman–Crippen MR) is 52.5 cm³/mol. The smallest absolute Gasteiger partial charge is 0.307 e. The molecule has 0 bridgehead atoms. The van der Waals surface area contributed by atoms with E-state index in [2.05, 4.69) is 4.98 Å². The van der Waals surface area contributed by atoms with Crippen LogP contribution >= 0.6 is 0 Å². The summed E-state index contributed by atoms with van der Waals surface area (Å²) in [5.74, 6) is -0.543. The van der Waals surface area contributed by atoms with E-state index in [0.29, 0.717) is 12.3 Å². The van der Waals surface area contributed by atoms with E-state index in [1.54, 1.807) is 0 Å². The number of carbonyl (C=O) groups is 1. The van der Waals surface area contributed by atoms with Gasteiger partial charge in [-0.05, 0) is 18.6 Å². The first kappa shape index (κ1) is 8.47. The van der Waals surface area contributed by atoms with Crippen molar-refractivity contribution >= 4 is 17.1 Å². The second-order valence-corrected chi connectivity index (χ2v) is 3.81. The van der Waals surface area contributed by atoms with Gasteiger partial charge in [-0.15, -0.1) is 0 Å². The molecule has 1 aliphatic carbocycles. The van der Waals surface area contributed by atoms with Crippen LogP contribution in [0.1, 0.15) is 18.2 Å². The molecule has 1 aromatic heterocycles. The lowest BCUT2D eigenvalue weighted by molar-refractivity contribution is -0.138. The maximum atomic E-state index is 10.7. The van der Waals surface area contributed by atoms with Crippen LogP contribution in [0.5, 0.6) is 0 Å². The van der Waals surface area contributed by atoms with E-state index < -0.39 is 5.97 Å². The first-order valence-electron chi connectivity index (χ1n) is 4.84. The van der Waals surface area contributed by atoms with Crippen molar-refractivity contribution in [2.75, 3.05) is 0 Å². The lowest BCUT2D eigenvalue weighted by Crippen LogP contribution is -1.98. The number of aliphatic carboxylic acids is 1. The highest BCUT2D eigenvalue weighted by Crippen LogP contribution is 2.47. The average Bonchev–Trinajstić information content (AvgIpc) is 2.91. The Morgan fingerprint density at radius 1 is 1.47 bits per heavy atom. The SMILES string of the molecule is O=C(O)[C@H]1C[C@H]1c1nc2ccccc2o1. The highest BCUT2D eigenvalue weighted by Gasteiger charge is 2.47. The highest BCUT2D eigenvalue weighted by atomic mass is 16.4. The average molecular weight is 203 g/mol. The molecule has 4 nitrogen and oxygen atoms in total. The van der Waals surface area contributed by atoms with Crippen LogP contribution in [-0.2, 0) is 4.79 Å². The number of para-hydroxylation sites is 2. The Morgan fingerprint density at radius 3 is 2.93 bits per heavy atom. The van der Waals surface area contributed by atoms with Gasteiger partial charge in [0, 0.05) is 5.92 Å². The van der Waals surface area contributed by atoms with Crippen molar-refractivity contribution in [3.8, 4) is 0 Å². The third kappa shape index (κ3) is 1.29. The lowest BCUT2D eigenvalue weighted by Gasteiger charge is -1.87. The summed E-state index contributed by atoms with van der Waals surface area (Å²) in [7, 11) is 0. The number of nitrogens with zero attached hydrogens (tertiary/aromatic N) is 1. The molecule has 0 amide bonds. The largest absolute Gasteiger partial charge is 0.481 e. The molecular formula is C11H9NO3. The van der Waals surface area contributed by atoms with E-state index in [4.69, 9.17) is 9.52 Å². The van der Waals surface area contributed by atoms with Crippen LogP contribution in [0.4, 0.5) is 0 Å². The van der Waals surface area contributed by atoms with Crippen molar-refractivity contribution in [3.05, 3.63) is 30.2 Å². The van der Waals surface area contributed by atoms with E-state index in [-0.39, 0.29) is 11.8 Å². The number of carboxylic acid groups (broad SMARTS) is 1. The van der Waals surface area contributed by atoms with E-state index in [9.17, 15) is 4.79 Å². The molecular weight excluding hydrogens is 194 g/mol. The van der Waals surface area contributed by atoms with Gasteiger partial charge in [-0.2, -0.15) is 0 Å². The molecule has 0 spiro atoms. The molecule has 15 heavy (non-hydrogen) atoms. The fourth-order valence-electron chi connectivity index (χ4n) is 1.79. The molecule has 4 heteroatoms. The molecule has 1 saturated carbocycles. The zero-order valence-corrected chi connectivity index (χ0v) is 7.88. The maximum absolute atomic E-state index is 10.7. The van der Waals surface area contributed by atoms with Crippen molar-refractivity contribution in [2.45, 2.75) is 12.3 Å². The number of carboxylic acids is 1. The molecule has 2 atom stereocenters. The summed E-state index contributed by atoms with van der Waals surface area (Å²) in [6, 6.07) is 7.46. The molecule has 0 aliphatic heterocycles. The quantitative estimate of drug-likeness (QED) is 0.810. The van der Waals surface area contributed by atoms with E-state index >= 15 is 0 Å². The summed E-state index contributed by atoms with van der Waals surface area (Å²) >= 11 is 0. The summed E-state index contributed by atoms with van der Waals surface area (Å²) < 4.78 is 5.50. The summed E-state index contributed by atoms with van der Waals surface area (Å²) in [5.41, 5.74) is 1.52. The summed E-state index contributed by atoms with van der Waals surface area (Å²) in [5, 5.41) is 8.79. The normalized spacial score (nSPS) is 24.3. The Bertz CT molecular complexity index is 498. The minimum absolute atomic E-state index is 0.0325. The standard InChI is InChI=1S/C11H9NO3/c13-11(14)7-5-6(7)10-12-8-3-1-2-4-9(8)15-10/h1-4,6-7H,5H2,(H,13,14)/t6-,7+/m1/s1. The Morgan fingerprint density at radius 2 is 2.27 bits per heavy atom. The molecule has 1 heterocycles. The minimum Gasteiger partial charge on any atom is -0.481 e. The number of benzene rings is 1. The fraction of sp³-hybridized carbons (Fsp3) is 0.273. The van der Waals surface area contributed by atoms with Crippen LogP contribution in [0, 0.1) is 5.92 Å². The van der Waals surface area contributed by atoms with Gasteiger partial charge < -0.3 is 9.52 Å². The molecule has 1 fully saturated rings. The zero-order valence-electron chi connectivity index (χ0n) is 7.88. The third-order valence-corrected chi connectivity index (χ3v) is 2.74. The number of rotatable bonds is 2. The first-order chi connectivity index (χ1) is 7.25. The van der Waals surface area contributed by atoms with Gasteiger partial charge in [0.05, 0.1) is 5.92 Å². The molecule has 0 radical (unpaired) electrons. The lowest BCUT2D eigenvalue weighted by atomic mass is 10.3. The van der Waals surface area contributed by atoms with Crippen molar-refractivity contribution in [1.82, 2.24) is 4.98 Å². The van der Waals surface area contributed by atoms with Crippen LogP contribution in [-0.4, -0.2) is 16.1 Å². The van der Waals surface area contributed by atoms with Gasteiger partial charge in [0.2, 0.25) is 0 Å². The summed E-state index contributed by atoms with van der Waals surface area (Å²) in [6.07, 6.45) is 0.641. The van der Waals surface area contributed by atoms with Gasteiger partial charge in [-0.25, -0.2) is 4.98 Å². The fourth-order valence-corrected chi connectivity index (χ4v) is 1.79. The molecule has 1 N–H and O–H groups in total. The predicted octanol–water partition coefficient (Wildman–Crippen LogP) is 2.02. The topological polar surface area (TPSA) is 63.3 Å². The summed E-state index contributed by atoms with van der Waals surface area (Å²) in [4.78, 5) is 15.0. The molecule has 1 aliphatic rings. The Balaban J connectivity index is 1.97. The number of fused-ring (bicyclic) bond motifs is 1. The second-order valence-electron chi connectivity index (χ2n) is 3.81. The van der Waals surface area contributed by atoms with Gasteiger partial charge >= 0.3 is 5.97 Å². The molecule has 76 valence electrons. The van der Waals surface area contributed by atoms with Crippen molar-refractivity contribution in [1.29, 1.82) is 0 Å². The zero-order chi connectivity index (χ0) is 10.4. The number of hydrogen-bond acceptors (Lipinski definition) is 3. The molecule has 0 unspecified atom stereocenters. The van der Waals surface area contributed by atoms with Crippen molar-refractivity contribution in [2.24, 2.45) is 5.92 Å². The van der Waals surface area contributed by atoms with Crippen molar-refractivity contribution < 1.29 is 14.3 Å². The van der Waals surface area contributed by atoms with Crippen LogP contribution in [0.3, 0.4) is 0 Å². The Hall–Kier alpha value is -1.84. The maximum Gasteiger partial charge on any atom is 0.307 e. The van der Waals surface area contributed by atoms with Gasteiger partial charge in [-0.3, -0.25) is 4.79 Å².